The molecule has 0 aliphatic carbocycles. The van der Waals surface area contributed by atoms with Crippen LogP contribution in [0.1, 0.15) is 20.3 Å². The maximum Gasteiger partial charge on any atom is 0.211 e. The van der Waals surface area contributed by atoms with Crippen LogP contribution in [0.15, 0.2) is 34.4 Å². The lowest BCUT2D eigenvalue weighted by molar-refractivity contribution is 0.764. The van der Waals surface area contributed by atoms with Crippen LogP contribution in [0.25, 0.3) is 10.1 Å². The minimum atomic E-state index is 0.106. The molecule has 0 fully saturated rings. The van der Waals surface area contributed by atoms with E-state index in [1.807, 2.05) is 29.6 Å². The number of hydrogen-bond donors (Lipinski definition) is 1. The normalized spacial score (nSPS) is 12.6. The van der Waals surface area contributed by atoms with Gasteiger partial charge in [0.1, 0.15) is 0 Å². The van der Waals surface area contributed by atoms with Crippen molar-refractivity contribution in [1.29, 1.82) is 0 Å². The molecule has 2 rings (SSSR count). The Morgan fingerprint density at radius 2 is 2.12 bits per heavy atom. The average molecular weight is 233 g/mol. The van der Waals surface area contributed by atoms with Gasteiger partial charge >= 0.3 is 0 Å². The van der Waals surface area contributed by atoms with Gasteiger partial charge in [0.25, 0.3) is 0 Å². The molecule has 2 aromatic rings. The molecule has 1 atom stereocenters. The zero-order chi connectivity index (χ0) is 11.5. The van der Waals surface area contributed by atoms with Crippen LogP contribution in [0.4, 0.5) is 5.69 Å². The molecule has 0 aliphatic heterocycles. The Morgan fingerprint density at radius 3 is 2.88 bits per heavy atom. The van der Waals surface area contributed by atoms with Crippen molar-refractivity contribution in [3.8, 4) is 0 Å². The van der Waals surface area contributed by atoms with E-state index < -0.39 is 0 Å². The smallest absolute Gasteiger partial charge is 0.211 e. The zero-order valence-corrected chi connectivity index (χ0v) is 10.3. The van der Waals surface area contributed by atoms with Crippen LogP contribution in [0.2, 0.25) is 0 Å². The highest BCUT2D eigenvalue weighted by molar-refractivity contribution is 7.16. The number of nitrogens with one attached hydrogen (secondary N) is 1. The van der Waals surface area contributed by atoms with Gasteiger partial charge in [0, 0.05) is 21.5 Å². The van der Waals surface area contributed by atoms with E-state index in [4.69, 9.17) is 0 Å². The lowest BCUT2D eigenvalue weighted by Gasteiger charge is -2.12. The van der Waals surface area contributed by atoms with Gasteiger partial charge in [0.05, 0.1) is 5.69 Å². The van der Waals surface area contributed by atoms with Gasteiger partial charge in [-0.05, 0) is 25.5 Å². The Morgan fingerprint density at radius 1 is 1.38 bits per heavy atom. The molecule has 0 unspecified atom stereocenters. The van der Waals surface area contributed by atoms with Crippen LogP contribution in [-0.2, 0) is 0 Å². The van der Waals surface area contributed by atoms with E-state index in [0.29, 0.717) is 6.04 Å². The summed E-state index contributed by atoms with van der Waals surface area (Å²) >= 11 is 1.61. The van der Waals surface area contributed by atoms with Crippen molar-refractivity contribution in [1.82, 2.24) is 0 Å². The first kappa shape index (κ1) is 11.1. The van der Waals surface area contributed by atoms with Crippen molar-refractivity contribution in [2.45, 2.75) is 26.3 Å². The topological polar surface area (TPSA) is 29.1 Å². The Hall–Kier alpha value is -1.35. The van der Waals surface area contributed by atoms with E-state index in [-0.39, 0.29) is 5.43 Å². The van der Waals surface area contributed by atoms with Gasteiger partial charge < -0.3 is 5.32 Å². The van der Waals surface area contributed by atoms with Crippen LogP contribution in [0, 0.1) is 0 Å². The summed E-state index contributed by atoms with van der Waals surface area (Å²) in [6.45, 7) is 4.19. The van der Waals surface area contributed by atoms with Crippen molar-refractivity contribution in [3.63, 3.8) is 0 Å². The van der Waals surface area contributed by atoms with Crippen molar-refractivity contribution >= 4 is 27.1 Å². The lowest BCUT2D eigenvalue weighted by Crippen LogP contribution is -2.19. The van der Waals surface area contributed by atoms with E-state index in [2.05, 4.69) is 19.2 Å². The molecule has 0 saturated heterocycles. The van der Waals surface area contributed by atoms with E-state index in [1.165, 1.54) is 0 Å². The third-order valence-corrected chi connectivity index (χ3v) is 3.66. The minimum absolute atomic E-state index is 0.106. The standard InChI is InChI=1S/C13H15NOS/c1-3-9(2)14-11-8-16-12-7-5-4-6-10(12)13(11)15/h4-9,14H,3H2,1-2H3/t9-/m1/s1. The van der Waals surface area contributed by atoms with Gasteiger partial charge in [-0.15, -0.1) is 11.3 Å². The molecule has 16 heavy (non-hydrogen) atoms. The van der Waals surface area contributed by atoms with E-state index in [1.54, 1.807) is 11.3 Å². The molecule has 0 aliphatic rings. The molecule has 0 spiro atoms. The molecule has 3 heteroatoms. The van der Waals surface area contributed by atoms with Gasteiger partial charge in [-0.25, -0.2) is 0 Å². The molecule has 84 valence electrons. The molecule has 2 nitrogen and oxygen atoms in total. The Balaban J connectivity index is 2.49. The fourth-order valence-electron chi connectivity index (χ4n) is 1.55. The predicted molar refractivity (Wildman–Crippen MR) is 71.5 cm³/mol. The molecule has 0 amide bonds. The zero-order valence-electron chi connectivity index (χ0n) is 9.49. The first-order valence-corrected chi connectivity index (χ1v) is 6.37. The van der Waals surface area contributed by atoms with Crippen molar-refractivity contribution in [2.24, 2.45) is 0 Å². The van der Waals surface area contributed by atoms with Gasteiger partial charge in [0.2, 0.25) is 5.43 Å². The van der Waals surface area contributed by atoms with Gasteiger partial charge in [-0.1, -0.05) is 19.1 Å². The second kappa shape index (κ2) is 4.66. The lowest BCUT2D eigenvalue weighted by atomic mass is 10.2. The monoisotopic (exact) mass is 233 g/mol. The van der Waals surface area contributed by atoms with Gasteiger partial charge in [0.15, 0.2) is 0 Å². The van der Waals surface area contributed by atoms with Crippen LogP contribution in [-0.4, -0.2) is 6.04 Å². The fraction of sp³-hybridized carbons (Fsp3) is 0.308. The molecule has 0 bridgehead atoms. The highest BCUT2D eigenvalue weighted by Crippen LogP contribution is 2.19. The number of anilines is 1. The number of hydrogen-bond acceptors (Lipinski definition) is 3. The largest absolute Gasteiger partial charge is 0.379 e. The average Bonchev–Trinajstić information content (AvgIpc) is 2.33. The Bertz CT molecular complexity index is 547. The highest BCUT2D eigenvalue weighted by Gasteiger charge is 2.06. The second-order valence-electron chi connectivity index (χ2n) is 3.93. The van der Waals surface area contributed by atoms with E-state index in [9.17, 15) is 4.79 Å². The summed E-state index contributed by atoms with van der Waals surface area (Å²) < 4.78 is 1.04. The summed E-state index contributed by atoms with van der Waals surface area (Å²) in [6.07, 6.45) is 1.01. The number of rotatable bonds is 3. The van der Waals surface area contributed by atoms with Crippen LogP contribution < -0.4 is 10.7 Å². The second-order valence-corrected chi connectivity index (χ2v) is 4.84. The molecule has 0 saturated carbocycles. The third-order valence-electron chi connectivity index (χ3n) is 2.69. The predicted octanol–water partition coefficient (Wildman–Crippen LogP) is 3.47. The van der Waals surface area contributed by atoms with E-state index in [0.717, 1.165) is 22.2 Å². The maximum atomic E-state index is 12.1. The van der Waals surface area contributed by atoms with Gasteiger partial charge in [-0.3, -0.25) is 4.79 Å². The SMILES string of the molecule is CC[C@@H](C)Nc1csc2ccccc2c1=O. The molecule has 0 radical (unpaired) electrons. The Labute approximate surface area is 98.9 Å². The summed E-state index contributed by atoms with van der Waals surface area (Å²) in [7, 11) is 0. The molecular weight excluding hydrogens is 218 g/mol. The molecule has 1 heterocycles. The molecular formula is C13H15NOS. The number of fused-ring (bicyclic) bond motifs is 1. The first-order valence-electron chi connectivity index (χ1n) is 5.49. The summed E-state index contributed by atoms with van der Waals surface area (Å²) in [4.78, 5) is 12.1. The summed E-state index contributed by atoms with van der Waals surface area (Å²) in [5, 5.41) is 5.97. The first-order chi connectivity index (χ1) is 7.72. The van der Waals surface area contributed by atoms with Crippen molar-refractivity contribution in [2.75, 3.05) is 5.32 Å². The van der Waals surface area contributed by atoms with Crippen LogP contribution >= 0.6 is 11.3 Å². The fourth-order valence-corrected chi connectivity index (χ4v) is 2.41. The summed E-state index contributed by atoms with van der Waals surface area (Å²) in [6, 6.07) is 8.06. The molecule has 1 aromatic carbocycles. The maximum absolute atomic E-state index is 12.1. The molecule has 1 N–H and O–H groups in total. The van der Waals surface area contributed by atoms with Gasteiger partial charge in [-0.2, -0.15) is 0 Å². The number of benzene rings is 1. The minimum Gasteiger partial charge on any atom is -0.379 e. The van der Waals surface area contributed by atoms with Crippen LogP contribution in [0.3, 0.4) is 0 Å². The summed E-state index contributed by atoms with van der Waals surface area (Å²) in [5.41, 5.74) is 0.827. The van der Waals surface area contributed by atoms with Crippen LogP contribution in [0.5, 0.6) is 0 Å². The van der Waals surface area contributed by atoms with E-state index >= 15 is 0 Å². The Kier molecular flexibility index (Phi) is 3.25. The highest BCUT2D eigenvalue weighted by atomic mass is 32.1. The summed E-state index contributed by atoms with van der Waals surface area (Å²) in [5.74, 6) is 0. The van der Waals surface area contributed by atoms with Crippen molar-refractivity contribution < 1.29 is 0 Å². The van der Waals surface area contributed by atoms with Crippen molar-refractivity contribution in [3.05, 3.63) is 39.9 Å². The third kappa shape index (κ3) is 2.09. The quantitative estimate of drug-likeness (QED) is 0.879. The molecule has 1 aromatic heterocycles.